The standard InChI is InChI=1S/C14H26S/c1-8-12(10-14(6,7)15)9-11(2)13(3,4)5/h8-9,15H,10H2,1-7H3/b11-9+,12-8+. The first kappa shape index (κ1) is 14.8. The lowest BCUT2D eigenvalue weighted by molar-refractivity contribution is 0.503. The average Bonchev–Trinajstić information content (AvgIpc) is 1.98. The lowest BCUT2D eigenvalue weighted by atomic mass is 9.85. The Kier molecular flexibility index (Phi) is 5.19. The molecule has 1 heteroatoms. The average molecular weight is 226 g/mol. The molecular weight excluding hydrogens is 200 g/mol. The molecule has 0 nitrogen and oxygen atoms in total. The van der Waals surface area contributed by atoms with Crippen molar-refractivity contribution in [2.45, 2.75) is 59.6 Å². The fraction of sp³-hybridized carbons (Fsp3) is 0.714. The van der Waals surface area contributed by atoms with Gasteiger partial charge in [-0.25, -0.2) is 0 Å². The van der Waals surface area contributed by atoms with Crippen LogP contribution in [0.5, 0.6) is 0 Å². The van der Waals surface area contributed by atoms with Gasteiger partial charge in [-0.2, -0.15) is 12.6 Å². The molecule has 0 radical (unpaired) electrons. The highest BCUT2D eigenvalue weighted by molar-refractivity contribution is 7.81. The van der Waals surface area contributed by atoms with Crippen LogP contribution in [0.2, 0.25) is 0 Å². The van der Waals surface area contributed by atoms with E-state index in [4.69, 9.17) is 0 Å². The van der Waals surface area contributed by atoms with Crippen LogP contribution >= 0.6 is 12.6 Å². The Morgan fingerprint density at radius 2 is 1.60 bits per heavy atom. The second kappa shape index (κ2) is 5.25. The second-order valence-corrected chi connectivity index (χ2v) is 7.14. The zero-order chi connectivity index (χ0) is 12.3. The number of hydrogen-bond donors (Lipinski definition) is 1. The number of hydrogen-bond acceptors (Lipinski definition) is 1. The van der Waals surface area contributed by atoms with Gasteiger partial charge in [-0.3, -0.25) is 0 Å². The second-order valence-electron chi connectivity index (χ2n) is 5.93. The number of rotatable bonds is 3. The first-order valence-electron chi connectivity index (χ1n) is 5.62. The fourth-order valence-electron chi connectivity index (χ4n) is 1.23. The molecule has 0 amide bonds. The Hall–Kier alpha value is -0.170. The molecule has 0 aromatic carbocycles. The van der Waals surface area contributed by atoms with E-state index in [1.165, 1.54) is 11.1 Å². The molecule has 0 atom stereocenters. The van der Waals surface area contributed by atoms with E-state index in [9.17, 15) is 0 Å². The van der Waals surface area contributed by atoms with Gasteiger partial charge in [0.25, 0.3) is 0 Å². The molecule has 0 spiro atoms. The van der Waals surface area contributed by atoms with Gasteiger partial charge in [-0.05, 0) is 25.7 Å². The molecule has 0 aliphatic carbocycles. The minimum absolute atomic E-state index is 0.0660. The van der Waals surface area contributed by atoms with E-state index in [0.29, 0.717) is 0 Å². The van der Waals surface area contributed by atoms with Crippen LogP contribution in [-0.4, -0.2) is 4.75 Å². The van der Waals surface area contributed by atoms with E-state index < -0.39 is 0 Å². The van der Waals surface area contributed by atoms with Crippen LogP contribution in [0.1, 0.15) is 54.9 Å². The van der Waals surface area contributed by atoms with Crippen LogP contribution < -0.4 is 0 Å². The highest BCUT2D eigenvalue weighted by Gasteiger charge is 2.16. The third kappa shape index (κ3) is 6.83. The summed E-state index contributed by atoms with van der Waals surface area (Å²) in [6, 6.07) is 0. The Morgan fingerprint density at radius 3 is 1.87 bits per heavy atom. The minimum Gasteiger partial charge on any atom is -0.173 e. The molecule has 0 saturated carbocycles. The predicted molar refractivity (Wildman–Crippen MR) is 74.7 cm³/mol. The van der Waals surface area contributed by atoms with Gasteiger partial charge in [0.2, 0.25) is 0 Å². The Balaban J connectivity index is 4.76. The Morgan fingerprint density at radius 1 is 1.13 bits per heavy atom. The summed E-state index contributed by atoms with van der Waals surface area (Å²) in [6.07, 6.45) is 5.51. The van der Waals surface area contributed by atoms with Crippen LogP contribution in [0, 0.1) is 5.41 Å². The van der Waals surface area contributed by atoms with Crippen molar-refractivity contribution in [2.75, 3.05) is 0 Å². The molecule has 0 rings (SSSR count). The normalized spacial score (nSPS) is 15.7. The molecule has 0 aromatic rings. The summed E-state index contributed by atoms with van der Waals surface area (Å²) >= 11 is 4.57. The van der Waals surface area contributed by atoms with Gasteiger partial charge in [0, 0.05) is 4.75 Å². The van der Waals surface area contributed by atoms with Gasteiger partial charge in [0.15, 0.2) is 0 Å². The van der Waals surface area contributed by atoms with Gasteiger partial charge in [-0.1, -0.05) is 57.9 Å². The van der Waals surface area contributed by atoms with E-state index in [-0.39, 0.29) is 10.2 Å². The van der Waals surface area contributed by atoms with Gasteiger partial charge < -0.3 is 0 Å². The van der Waals surface area contributed by atoms with Crippen molar-refractivity contribution in [2.24, 2.45) is 5.41 Å². The monoisotopic (exact) mass is 226 g/mol. The number of thiol groups is 1. The van der Waals surface area contributed by atoms with Crippen molar-refractivity contribution in [1.82, 2.24) is 0 Å². The van der Waals surface area contributed by atoms with E-state index in [0.717, 1.165) is 6.42 Å². The summed E-state index contributed by atoms with van der Waals surface area (Å²) in [6.45, 7) is 15.4. The molecule has 88 valence electrons. The molecule has 0 aromatic heterocycles. The van der Waals surface area contributed by atoms with Crippen LogP contribution in [0.4, 0.5) is 0 Å². The maximum absolute atomic E-state index is 4.57. The zero-order valence-corrected chi connectivity index (χ0v) is 12.2. The molecule has 0 fully saturated rings. The van der Waals surface area contributed by atoms with E-state index in [2.05, 4.69) is 73.2 Å². The molecule has 0 aliphatic heterocycles. The molecule has 15 heavy (non-hydrogen) atoms. The predicted octanol–water partition coefficient (Wildman–Crippen LogP) is 5.02. The Bertz CT molecular complexity index is 256. The largest absolute Gasteiger partial charge is 0.173 e. The third-order valence-corrected chi connectivity index (χ3v) is 2.75. The van der Waals surface area contributed by atoms with Gasteiger partial charge in [0.1, 0.15) is 0 Å². The summed E-state index contributed by atoms with van der Waals surface area (Å²) in [5.74, 6) is 0. The molecule has 0 bridgehead atoms. The molecule has 0 heterocycles. The van der Waals surface area contributed by atoms with Gasteiger partial charge in [0.05, 0.1) is 0 Å². The van der Waals surface area contributed by atoms with Gasteiger partial charge in [-0.15, -0.1) is 0 Å². The van der Waals surface area contributed by atoms with Gasteiger partial charge >= 0.3 is 0 Å². The lowest BCUT2D eigenvalue weighted by Crippen LogP contribution is -2.12. The fourth-order valence-corrected chi connectivity index (χ4v) is 1.41. The van der Waals surface area contributed by atoms with Crippen LogP contribution in [0.3, 0.4) is 0 Å². The molecular formula is C14H26S. The number of allylic oxidation sites excluding steroid dienone is 4. The van der Waals surface area contributed by atoms with Crippen molar-refractivity contribution in [3.8, 4) is 0 Å². The lowest BCUT2D eigenvalue weighted by Gasteiger charge is -2.22. The smallest absolute Gasteiger partial charge is 0.0113 e. The van der Waals surface area contributed by atoms with Crippen LogP contribution in [0.25, 0.3) is 0 Å². The highest BCUT2D eigenvalue weighted by atomic mass is 32.1. The van der Waals surface area contributed by atoms with Crippen molar-refractivity contribution in [3.05, 3.63) is 23.3 Å². The SMILES string of the molecule is C/C=C(\C=C(/C)C(C)(C)C)CC(C)(C)S. The van der Waals surface area contributed by atoms with E-state index >= 15 is 0 Å². The first-order chi connectivity index (χ1) is 6.56. The Labute approximate surface area is 101 Å². The summed E-state index contributed by atoms with van der Waals surface area (Å²) in [5, 5.41) is 0. The van der Waals surface area contributed by atoms with Crippen molar-refractivity contribution >= 4 is 12.6 Å². The van der Waals surface area contributed by atoms with Crippen molar-refractivity contribution in [3.63, 3.8) is 0 Å². The maximum Gasteiger partial charge on any atom is 0.0113 e. The van der Waals surface area contributed by atoms with Crippen molar-refractivity contribution in [1.29, 1.82) is 0 Å². The van der Waals surface area contributed by atoms with E-state index in [1.54, 1.807) is 0 Å². The molecule has 0 unspecified atom stereocenters. The quantitative estimate of drug-likeness (QED) is 0.507. The summed E-state index contributed by atoms with van der Waals surface area (Å²) < 4.78 is 0.0660. The topological polar surface area (TPSA) is 0 Å². The molecule has 0 N–H and O–H groups in total. The van der Waals surface area contributed by atoms with Crippen LogP contribution in [0.15, 0.2) is 23.3 Å². The van der Waals surface area contributed by atoms with E-state index in [1.807, 2.05) is 0 Å². The maximum atomic E-state index is 4.57. The summed E-state index contributed by atoms with van der Waals surface area (Å²) in [7, 11) is 0. The molecule has 0 aliphatic rings. The third-order valence-electron chi connectivity index (χ3n) is 2.59. The minimum atomic E-state index is 0.0660. The van der Waals surface area contributed by atoms with Crippen LogP contribution in [-0.2, 0) is 0 Å². The first-order valence-corrected chi connectivity index (χ1v) is 6.07. The van der Waals surface area contributed by atoms with Crippen molar-refractivity contribution < 1.29 is 0 Å². The molecule has 0 saturated heterocycles. The summed E-state index contributed by atoms with van der Waals surface area (Å²) in [5.41, 5.74) is 3.06. The summed E-state index contributed by atoms with van der Waals surface area (Å²) in [4.78, 5) is 0. The zero-order valence-electron chi connectivity index (χ0n) is 11.3. The highest BCUT2D eigenvalue weighted by Crippen LogP contribution is 2.29.